The predicted octanol–water partition coefficient (Wildman–Crippen LogP) is 5.82. The van der Waals surface area contributed by atoms with Gasteiger partial charge in [0.15, 0.2) is 22.4 Å². The van der Waals surface area contributed by atoms with E-state index in [1.165, 1.54) is 0 Å². The summed E-state index contributed by atoms with van der Waals surface area (Å²) in [5.74, 6) is 0.221. The standard InChI is InChI=1S/C22H45NO3Si2/c1-20(2,3)27(9,10)25-16-22(17-26-28(11,12)21(4,5)6)14-13-18(19(22)24)15-23(7)8/h15H,13-14,16-17H2,1-12H3. The lowest BCUT2D eigenvalue weighted by atomic mass is 9.87. The molecule has 0 atom stereocenters. The normalized spacial score (nSPS) is 20.1. The lowest BCUT2D eigenvalue weighted by molar-refractivity contribution is -0.126. The number of carbonyl (C=O) groups excluding carboxylic acids is 1. The van der Waals surface area contributed by atoms with E-state index in [0.717, 1.165) is 18.4 Å². The Kier molecular flexibility index (Phi) is 7.65. The summed E-state index contributed by atoms with van der Waals surface area (Å²) in [6.07, 6.45) is 3.59. The number of carbonyl (C=O) groups is 1. The molecule has 1 fully saturated rings. The average Bonchev–Trinajstić information content (AvgIpc) is 2.78. The van der Waals surface area contributed by atoms with E-state index in [1.54, 1.807) is 0 Å². The van der Waals surface area contributed by atoms with Crippen molar-refractivity contribution in [3.05, 3.63) is 11.8 Å². The fourth-order valence-electron chi connectivity index (χ4n) is 2.76. The van der Waals surface area contributed by atoms with Gasteiger partial charge in [-0.3, -0.25) is 4.79 Å². The molecule has 1 saturated carbocycles. The zero-order chi connectivity index (χ0) is 22.2. The van der Waals surface area contributed by atoms with Crippen molar-refractivity contribution < 1.29 is 13.6 Å². The Bertz CT molecular complexity index is 566. The van der Waals surface area contributed by atoms with Crippen molar-refractivity contribution in [2.45, 2.75) is 90.6 Å². The van der Waals surface area contributed by atoms with Gasteiger partial charge >= 0.3 is 0 Å². The van der Waals surface area contributed by atoms with E-state index < -0.39 is 22.0 Å². The van der Waals surface area contributed by atoms with Crippen LogP contribution in [0, 0.1) is 5.41 Å². The third-order valence-corrected chi connectivity index (χ3v) is 16.0. The summed E-state index contributed by atoms with van der Waals surface area (Å²) < 4.78 is 13.1. The Morgan fingerprint density at radius 2 is 1.32 bits per heavy atom. The first kappa shape index (κ1) is 25.6. The second-order valence-corrected chi connectivity index (χ2v) is 21.4. The minimum atomic E-state index is -1.94. The summed E-state index contributed by atoms with van der Waals surface area (Å²) in [4.78, 5) is 15.4. The van der Waals surface area contributed by atoms with E-state index in [1.807, 2.05) is 25.2 Å². The van der Waals surface area contributed by atoms with Gasteiger partial charge in [0.05, 0.1) is 5.41 Å². The van der Waals surface area contributed by atoms with Crippen LogP contribution >= 0.6 is 0 Å². The van der Waals surface area contributed by atoms with Gasteiger partial charge in [0.2, 0.25) is 0 Å². The average molecular weight is 428 g/mol. The molecular weight excluding hydrogens is 382 g/mol. The highest BCUT2D eigenvalue weighted by molar-refractivity contribution is 6.74. The Morgan fingerprint density at radius 3 is 1.64 bits per heavy atom. The molecule has 28 heavy (non-hydrogen) atoms. The van der Waals surface area contributed by atoms with Gasteiger partial charge in [0, 0.05) is 39.1 Å². The monoisotopic (exact) mass is 427 g/mol. The van der Waals surface area contributed by atoms with Gasteiger partial charge in [-0.15, -0.1) is 0 Å². The van der Waals surface area contributed by atoms with Crippen molar-refractivity contribution in [3.63, 3.8) is 0 Å². The molecule has 4 nitrogen and oxygen atoms in total. The molecule has 1 aliphatic rings. The molecule has 0 N–H and O–H groups in total. The molecule has 0 amide bonds. The first-order valence-corrected chi connectivity index (χ1v) is 16.4. The first-order valence-electron chi connectivity index (χ1n) is 10.5. The van der Waals surface area contributed by atoms with E-state index in [4.69, 9.17) is 8.85 Å². The van der Waals surface area contributed by atoms with Crippen LogP contribution in [-0.2, 0) is 13.6 Å². The van der Waals surface area contributed by atoms with Crippen molar-refractivity contribution in [1.29, 1.82) is 0 Å². The second kappa shape index (κ2) is 8.36. The lowest BCUT2D eigenvalue weighted by Gasteiger charge is -2.42. The Labute approximate surface area is 176 Å². The first-order chi connectivity index (χ1) is 12.3. The molecule has 0 aromatic heterocycles. The lowest BCUT2D eigenvalue weighted by Crippen LogP contribution is -2.49. The van der Waals surface area contributed by atoms with Gasteiger partial charge in [-0.25, -0.2) is 0 Å². The highest BCUT2D eigenvalue weighted by Gasteiger charge is 2.50. The number of nitrogens with zero attached hydrogens (tertiary/aromatic N) is 1. The maximum Gasteiger partial charge on any atom is 0.192 e. The molecule has 0 unspecified atom stereocenters. The molecule has 0 aromatic rings. The molecule has 0 bridgehead atoms. The molecule has 0 aromatic carbocycles. The molecule has 0 spiro atoms. The quantitative estimate of drug-likeness (QED) is 0.379. The maximum atomic E-state index is 13.5. The van der Waals surface area contributed by atoms with Gasteiger partial charge in [0.1, 0.15) is 0 Å². The van der Waals surface area contributed by atoms with Crippen LogP contribution in [0.5, 0.6) is 0 Å². The van der Waals surface area contributed by atoms with Crippen LogP contribution in [0.1, 0.15) is 54.4 Å². The van der Waals surface area contributed by atoms with Crippen molar-refractivity contribution in [3.8, 4) is 0 Å². The van der Waals surface area contributed by atoms with Crippen molar-refractivity contribution in [1.82, 2.24) is 4.90 Å². The highest BCUT2D eigenvalue weighted by atomic mass is 28.4. The molecular formula is C22H45NO3Si2. The summed E-state index contributed by atoms with van der Waals surface area (Å²) in [6.45, 7) is 23.4. The largest absolute Gasteiger partial charge is 0.416 e. The van der Waals surface area contributed by atoms with E-state index in [9.17, 15) is 4.79 Å². The number of hydrogen-bond donors (Lipinski definition) is 0. The minimum Gasteiger partial charge on any atom is -0.416 e. The fraction of sp³-hybridized carbons (Fsp3) is 0.864. The van der Waals surface area contributed by atoms with Gasteiger partial charge in [-0.2, -0.15) is 0 Å². The number of rotatable bonds is 7. The molecule has 0 radical (unpaired) electrons. The summed E-state index contributed by atoms with van der Waals surface area (Å²) >= 11 is 0. The van der Waals surface area contributed by atoms with Gasteiger partial charge < -0.3 is 13.8 Å². The third-order valence-electron chi connectivity index (χ3n) is 7.09. The predicted molar refractivity (Wildman–Crippen MR) is 125 cm³/mol. The van der Waals surface area contributed by atoms with E-state index in [-0.39, 0.29) is 15.9 Å². The molecule has 0 heterocycles. The summed E-state index contributed by atoms with van der Waals surface area (Å²) in [6, 6.07) is 0. The smallest absolute Gasteiger partial charge is 0.192 e. The SMILES string of the molecule is CN(C)C=C1CCC(CO[Si](C)(C)C(C)(C)C)(CO[Si](C)(C)C(C)(C)C)C1=O. The van der Waals surface area contributed by atoms with Crippen molar-refractivity contribution in [2.75, 3.05) is 27.3 Å². The maximum absolute atomic E-state index is 13.5. The number of Topliss-reactive ketones (excluding diaryl/α,β-unsaturated/α-hetero) is 1. The topological polar surface area (TPSA) is 38.8 Å². The Morgan fingerprint density at radius 1 is 0.929 bits per heavy atom. The highest BCUT2D eigenvalue weighted by Crippen LogP contribution is 2.45. The van der Waals surface area contributed by atoms with E-state index >= 15 is 0 Å². The van der Waals surface area contributed by atoms with Crippen LogP contribution in [0.15, 0.2) is 11.8 Å². The Balaban J connectivity index is 3.14. The number of hydrogen-bond acceptors (Lipinski definition) is 4. The summed E-state index contributed by atoms with van der Waals surface area (Å²) in [5, 5.41) is 0.247. The molecule has 1 aliphatic carbocycles. The van der Waals surface area contributed by atoms with Crippen LogP contribution in [0.25, 0.3) is 0 Å². The minimum absolute atomic E-state index is 0.123. The molecule has 164 valence electrons. The van der Waals surface area contributed by atoms with Crippen LogP contribution < -0.4 is 0 Å². The van der Waals surface area contributed by atoms with E-state index in [0.29, 0.717) is 13.2 Å². The van der Waals surface area contributed by atoms with Gasteiger partial charge in [0.25, 0.3) is 0 Å². The Hall–Kier alpha value is -0.436. The van der Waals surface area contributed by atoms with E-state index in [2.05, 4.69) is 67.7 Å². The second-order valence-electron chi connectivity index (χ2n) is 11.8. The molecule has 0 aliphatic heterocycles. The number of ketones is 1. The van der Waals surface area contributed by atoms with Crippen LogP contribution in [-0.4, -0.2) is 54.6 Å². The van der Waals surface area contributed by atoms with Crippen LogP contribution in [0.3, 0.4) is 0 Å². The van der Waals surface area contributed by atoms with Crippen molar-refractivity contribution in [2.24, 2.45) is 5.41 Å². The molecule has 1 rings (SSSR count). The van der Waals surface area contributed by atoms with Crippen molar-refractivity contribution >= 4 is 22.4 Å². The van der Waals surface area contributed by atoms with Crippen LogP contribution in [0.4, 0.5) is 0 Å². The molecule has 0 saturated heterocycles. The summed E-state index contributed by atoms with van der Waals surface area (Å²) in [7, 11) is 0.0597. The van der Waals surface area contributed by atoms with Gasteiger partial charge in [-0.05, 0) is 49.1 Å². The third kappa shape index (κ3) is 5.80. The van der Waals surface area contributed by atoms with Gasteiger partial charge in [-0.1, -0.05) is 41.5 Å². The zero-order valence-electron chi connectivity index (χ0n) is 20.6. The zero-order valence-corrected chi connectivity index (χ0v) is 22.6. The molecule has 6 heteroatoms. The fourth-order valence-corrected chi connectivity index (χ4v) is 4.90. The summed E-state index contributed by atoms with van der Waals surface area (Å²) in [5.41, 5.74) is 0.357. The number of allylic oxidation sites excluding steroid dienone is 1. The van der Waals surface area contributed by atoms with Crippen LogP contribution in [0.2, 0.25) is 36.3 Å².